The summed E-state index contributed by atoms with van der Waals surface area (Å²) in [6.07, 6.45) is 1.24. The second kappa shape index (κ2) is 3.48. The van der Waals surface area contributed by atoms with Gasteiger partial charge in [-0.25, -0.2) is 0 Å². The van der Waals surface area contributed by atoms with E-state index < -0.39 is 0 Å². The van der Waals surface area contributed by atoms with Crippen molar-refractivity contribution in [3.63, 3.8) is 0 Å². The molecule has 82 valence electrons. The van der Waals surface area contributed by atoms with Crippen LogP contribution >= 0.6 is 0 Å². The van der Waals surface area contributed by atoms with E-state index in [1.54, 1.807) is 0 Å². The fourth-order valence-electron chi connectivity index (χ4n) is 2.33. The summed E-state index contributed by atoms with van der Waals surface area (Å²) >= 11 is 0. The van der Waals surface area contributed by atoms with E-state index in [9.17, 15) is 0 Å². The molecule has 1 N–H and O–H groups in total. The molecule has 2 nitrogen and oxygen atoms in total. The molecule has 0 saturated heterocycles. The monoisotopic (exact) mass is 212 g/mol. The maximum atomic E-state index is 4.35. The molecule has 1 heterocycles. The lowest BCUT2D eigenvalue weighted by molar-refractivity contribution is 0.926. The zero-order valence-corrected chi connectivity index (χ0v) is 9.70. The number of aromatic amines is 1. The summed E-state index contributed by atoms with van der Waals surface area (Å²) in [7, 11) is 0. The average Bonchev–Trinajstić information content (AvgIpc) is 2.96. The predicted molar refractivity (Wildman–Crippen MR) is 64.6 cm³/mol. The van der Waals surface area contributed by atoms with Gasteiger partial charge in [-0.05, 0) is 37.8 Å². The number of hydrogen-bond donors (Lipinski definition) is 1. The Hall–Kier alpha value is -1.57. The van der Waals surface area contributed by atoms with Crippen LogP contribution in [0.25, 0.3) is 0 Å². The van der Waals surface area contributed by atoms with Crippen molar-refractivity contribution < 1.29 is 0 Å². The molecule has 1 saturated carbocycles. The average molecular weight is 212 g/mol. The van der Waals surface area contributed by atoms with E-state index in [0.717, 1.165) is 5.69 Å². The second-order valence-corrected chi connectivity index (χ2v) is 4.84. The van der Waals surface area contributed by atoms with Crippen molar-refractivity contribution in [1.82, 2.24) is 10.2 Å². The van der Waals surface area contributed by atoms with Gasteiger partial charge in [0.25, 0.3) is 0 Å². The Labute approximate surface area is 95.7 Å². The highest BCUT2D eigenvalue weighted by Crippen LogP contribution is 2.54. The van der Waals surface area contributed by atoms with Gasteiger partial charge >= 0.3 is 0 Å². The first kappa shape index (κ1) is 9.64. The van der Waals surface area contributed by atoms with Gasteiger partial charge in [-0.2, -0.15) is 5.10 Å². The summed E-state index contributed by atoms with van der Waals surface area (Å²) in [6.45, 7) is 4.19. The van der Waals surface area contributed by atoms with Gasteiger partial charge in [0.2, 0.25) is 0 Å². The van der Waals surface area contributed by atoms with E-state index in [1.165, 1.54) is 23.2 Å². The topological polar surface area (TPSA) is 28.7 Å². The van der Waals surface area contributed by atoms with Crippen molar-refractivity contribution >= 4 is 0 Å². The molecule has 3 rings (SSSR count). The number of aromatic nitrogens is 2. The minimum atomic E-state index is 0.632. The molecular weight excluding hydrogens is 196 g/mol. The molecular formula is C14H16N2. The summed E-state index contributed by atoms with van der Waals surface area (Å²) in [6, 6.07) is 11.1. The van der Waals surface area contributed by atoms with Gasteiger partial charge in [-0.3, -0.25) is 5.10 Å². The van der Waals surface area contributed by atoms with Gasteiger partial charge in [0, 0.05) is 11.6 Å². The Morgan fingerprint density at radius 1 is 1.12 bits per heavy atom. The third-order valence-electron chi connectivity index (χ3n) is 3.40. The van der Waals surface area contributed by atoms with Crippen LogP contribution in [-0.2, 0) is 0 Å². The molecule has 0 bridgehead atoms. The summed E-state index contributed by atoms with van der Waals surface area (Å²) in [5.41, 5.74) is 5.17. The zero-order valence-electron chi connectivity index (χ0n) is 9.70. The van der Waals surface area contributed by atoms with Crippen molar-refractivity contribution in [1.29, 1.82) is 0 Å². The van der Waals surface area contributed by atoms with Crippen molar-refractivity contribution in [3.8, 4) is 0 Å². The standard InChI is InChI=1S/C14H16N2/c1-9-3-5-11(6-4-9)12-8-13(12)14-7-10(2)15-16-14/h3-7,12-13H,8H2,1-2H3,(H,15,16)/t12-,13+/m0/s1. The molecule has 0 radical (unpaired) electrons. The molecule has 2 atom stereocenters. The highest BCUT2D eigenvalue weighted by molar-refractivity contribution is 5.35. The number of nitrogens with zero attached hydrogens (tertiary/aromatic N) is 1. The summed E-state index contributed by atoms with van der Waals surface area (Å²) in [5.74, 6) is 1.32. The van der Waals surface area contributed by atoms with Crippen molar-refractivity contribution in [2.45, 2.75) is 32.1 Å². The molecule has 1 fully saturated rings. The smallest absolute Gasteiger partial charge is 0.0662 e. The number of benzene rings is 1. The van der Waals surface area contributed by atoms with Gasteiger partial charge in [0.15, 0.2) is 0 Å². The van der Waals surface area contributed by atoms with Gasteiger partial charge in [0.1, 0.15) is 0 Å². The molecule has 2 heteroatoms. The number of H-pyrrole nitrogens is 1. The summed E-state index contributed by atoms with van der Waals surface area (Å²) < 4.78 is 0. The lowest BCUT2D eigenvalue weighted by atomic mass is 10.1. The van der Waals surface area contributed by atoms with Crippen LogP contribution in [0, 0.1) is 13.8 Å². The van der Waals surface area contributed by atoms with Crippen LogP contribution in [0.15, 0.2) is 30.3 Å². The lowest BCUT2D eigenvalue weighted by Crippen LogP contribution is -1.85. The van der Waals surface area contributed by atoms with Gasteiger partial charge < -0.3 is 0 Å². The van der Waals surface area contributed by atoms with Crippen LogP contribution in [-0.4, -0.2) is 10.2 Å². The Balaban J connectivity index is 1.79. The molecule has 0 amide bonds. The van der Waals surface area contributed by atoms with E-state index in [2.05, 4.69) is 54.4 Å². The van der Waals surface area contributed by atoms with Crippen LogP contribution in [0.2, 0.25) is 0 Å². The summed E-state index contributed by atoms with van der Waals surface area (Å²) in [5, 5.41) is 7.37. The third kappa shape index (κ3) is 1.64. The zero-order chi connectivity index (χ0) is 11.1. The third-order valence-corrected chi connectivity index (χ3v) is 3.40. The molecule has 16 heavy (non-hydrogen) atoms. The minimum absolute atomic E-state index is 0.632. The number of nitrogens with one attached hydrogen (secondary N) is 1. The second-order valence-electron chi connectivity index (χ2n) is 4.84. The number of rotatable bonds is 2. The Morgan fingerprint density at radius 2 is 1.88 bits per heavy atom. The Kier molecular flexibility index (Phi) is 2.10. The molecule has 1 aliphatic rings. The maximum absolute atomic E-state index is 4.35. The van der Waals surface area contributed by atoms with Gasteiger partial charge in [0.05, 0.1) is 5.69 Å². The van der Waals surface area contributed by atoms with Crippen LogP contribution in [0.5, 0.6) is 0 Å². The van der Waals surface area contributed by atoms with E-state index in [1.807, 2.05) is 0 Å². The predicted octanol–water partition coefficient (Wildman–Crippen LogP) is 3.30. The molecule has 1 aromatic heterocycles. The molecule has 1 aliphatic carbocycles. The van der Waals surface area contributed by atoms with Crippen molar-refractivity contribution in [3.05, 3.63) is 52.8 Å². The highest BCUT2D eigenvalue weighted by Gasteiger charge is 2.40. The lowest BCUT2D eigenvalue weighted by Gasteiger charge is -1.99. The molecule has 2 aromatic rings. The number of aryl methyl sites for hydroxylation is 2. The maximum Gasteiger partial charge on any atom is 0.0662 e. The fourth-order valence-corrected chi connectivity index (χ4v) is 2.33. The largest absolute Gasteiger partial charge is 0.283 e. The normalized spacial score (nSPS) is 23.4. The highest BCUT2D eigenvalue weighted by atomic mass is 15.1. The van der Waals surface area contributed by atoms with Crippen molar-refractivity contribution in [2.75, 3.05) is 0 Å². The Morgan fingerprint density at radius 3 is 2.50 bits per heavy atom. The quantitative estimate of drug-likeness (QED) is 0.813. The first-order valence-corrected chi connectivity index (χ1v) is 5.82. The van der Waals surface area contributed by atoms with E-state index in [0.29, 0.717) is 11.8 Å². The van der Waals surface area contributed by atoms with Crippen molar-refractivity contribution in [2.24, 2.45) is 0 Å². The Bertz CT molecular complexity index is 496. The molecule has 0 aliphatic heterocycles. The minimum Gasteiger partial charge on any atom is -0.283 e. The molecule has 0 spiro atoms. The number of hydrogen-bond acceptors (Lipinski definition) is 1. The summed E-state index contributed by atoms with van der Waals surface area (Å²) in [4.78, 5) is 0. The SMILES string of the molecule is Cc1ccc([C@@H]2C[C@H]2c2cc(C)[nH]n2)cc1. The molecule has 1 aromatic carbocycles. The van der Waals surface area contributed by atoms with E-state index >= 15 is 0 Å². The van der Waals surface area contributed by atoms with E-state index in [4.69, 9.17) is 0 Å². The van der Waals surface area contributed by atoms with Crippen LogP contribution in [0.4, 0.5) is 0 Å². The van der Waals surface area contributed by atoms with E-state index in [-0.39, 0.29) is 0 Å². The van der Waals surface area contributed by atoms with Crippen LogP contribution < -0.4 is 0 Å². The van der Waals surface area contributed by atoms with Gasteiger partial charge in [-0.1, -0.05) is 29.8 Å². The van der Waals surface area contributed by atoms with Gasteiger partial charge in [-0.15, -0.1) is 0 Å². The fraction of sp³-hybridized carbons (Fsp3) is 0.357. The molecule has 0 unspecified atom stereocenters. The van der Waals surface area contributed by atoms with Crippen LogP contribution in [0.1, 0.15) is 40.8 Å². The van der Waals surface area contributed by atoms with Crippen LogP contribution in [0.3, 0.4) is 0 Å². The first-order chi connectivity index (χ1) is 7.74. The first-order valence-electron chi connectivity index (χ1n) is 5.82.